The summed E-state index contributed by atoms with van der Waals surface area (Å²) in [5.74, 6) is 0. The molecule has 0 radical (unpaired) electrons. The minimum absolute atomic E-state index is 0.0902. The average Bonchev–Trinajstić information content (AvgIpc) is 2.06. The zero-order chi connectivity index (χ0) is 8.97. The summed E-state index contributed by atoms with van der Waals surface area (Å²) in [4.78, 5) is 0. The molecule has 12 heavy (non-hydrogen) atoms. The molecule has 0 aromatic heterocycles. The molecule has 1 aromatic rings. The van der Waals surface area contributed by atoms with Crippen molar-refractivity contribution in [3.05, 3.63) is 30.3 Å². The molecule has 0 heterocycles. The molecule has 0 aliphatic rings. The quantitative estimate of drug-likeness (QED) is 0.716. The number of aliphatic hydroxyl groups excluding tert-OH is 1. The Morgan fingerprint density at radius 3 is 2.25 bits per heavy atom. The Bertz CT molecular complexity index is 221. The first-order chi connectivity index (χ1) is 5.70. The number of rotatable bonds is 3. The number of nitrogens with one attached hydrogen (secondary N) is 1. The maximum Gasteiger partial charge on any atom is 0.0710 e. The summed E-state index contributed by atoms with van der Waals surface area (Å²) in [6.45, 7) is 3.73. The van der Waals surface area contributed by atoms with Crippen molar-refractivity contribution >= 4 is 5.69 Å². The van der Waals surface area contributed by atoms with Gasteiger partial charge in [0.05, 0.1) is 6.10 Å². The summed E-state index contributed by atoms with van der Waals surface area (Å²) >= 11 is 0. The van der Waals surface area contributed by atoms with E-state index < -0.39 is 0 Å². The predicted molar refractivity (Wildman–Crippen MR) is 51.2 cm³/mol. The number of para-hydroxylation sites is 1. The third-order valence-electron chi connectivity index (χ3n) is 1.89. The van der Waals surface area contributed by atoms with Gasteiger partial charge in [0.1, 0.15) is 0 Å². The molecule has 2 nitrogen and oxygen atoms in total. The second-order valence-corrected chi connectivity index (χ2v) is 3.04. The van der Waals surface area contributed by atoms with Crippen LogP contribution in [0.15, 0.2) is 30.3 Å². The molecule has 2 N–H and O–H groups in total. The van der Waals surface area contributed by atoms with Crippen LogP contribution < -0.4 is 5.32 Å². The van der Waals surface area contributed by atoms with Crippen molar-refractivity contribution < 1.29 is 5.11 Å². The van der Waals surface area contributed by atoms with Crippen LogP contribution in [0.25, 0.3) is 0 Å². The second kappa shape index (κ2) is 4.12. The van der Waals surface area contributed by atoms with E-state index in [1.54, 1.807) is 6.92 Å². The maximum atomic E-state index is 9.22. The Kier molecular flexibility index (Phi) is 3.11. The van der Waals surface area contributed by atoms with Crippen LogP contribution in [0.5, 0.6) is 0 Å². The number of hydrogen-bond donors (Lipinski definition) is 2. The highest BCUT2D eigenvalue weighted by atomic mass is 16.3. The summed E-state index contributed by atoms with van der Waals surface area (Å²) in [5.41, 5.74) is 1.05. The van der Waals surface area contributed by atoms with Gasteiger partial charge in [-0.2, -0.15) is 0 Å². The van der Waals surface area contributed by atoms with Crippen molar-refractivity contribution in [2.75, 3.05) is 5.32 Å². The van der Waals surface area contributed by atoms with E-state index in [9.17, 15) is 5.11 Å². The van der Waals surface area contributed by atoms with Gasteiger partial charge in [0, 0.05) is 11.7 Å². The smallest absolute Gasteiger partial charge is 0.0710 e. The number of aliphatic hydroxyl groups is 1. The highest BCUT2D eigenvalue weighted by Gasteiger charge is 2.06. The normalized spacial score (nSPS) is 15.2. The molecule has 1 rings (SSSR count). The summed E-state index contributed by atoms with van der Waals surface area (Å²) in [6.07, 6.45) is -0.329. The van der Waals surface area contributed by atoms with Crippen LogP contribution in [0, 0.1) is 0 Å². The molecule has 1 aromatic carbocycles. The van der Waals surface area contributed by atoms with Crippen LogP contribution in [0.1, 0.15) is 13.8 Å². The fourth-order valence-electron chi connectivity index (χ4n) is 0.918. The van der Waals surface area contributed by atoms with Gasteiger partial charge in [0.2, 0.25) is 0 Å². The third kappa shape index (κ3) is 2.55. The summed E-state index contributed by atoms with van der Waals surface area (Å²) in [7, 11) is 0. The van der Waals surface area contributed by atoms with Crippen LogP contribution in [0.2, 0.25) is 0 Å². The van der Waals surface area contributed by atoms with Gasteiger partial charge in [0.15, 0.2) is 0 Å². The molecule has 0 bridgehead atoms. The number of hydrogen-bond acceptors (Lipinski definition) is 2. The highest BCUT2D eigenvalue weighted by molar-refractivity contribution is 5.43. The van der Waals surface area contributed by atoms with Gasteiger partial charge in [-0.15, -0.1) is 0 Å². The molecule has 0 saturated heterocycles. The van der Waals surface area contributed by atoms with Gasteiger partial charge in [-0.1, -0.05) is 18.2 Å². The first-order valence-corrected chi connectivity index (χ1v) is 4.20. The van der Waals surface area contributed by atoms with Crippen LogP contribution >= 0.6 is 0 Å². The number of benzene rings is 1. The lowest BCUT2D eigenvalue weighted by Gasteiger charge is -2.17. The Balaban J connectivity index is 2.53. The summed E-state index contributed by atoms with van der Waals surface area (Å²) in [5, 5.41) is 12.4. The van der Waals surface area contributed by atoms with Crippen molar-refractivity contribution in [2.45, 2.75) is 26.0 Å². The zero-order valence-corrected chi connectivity index (χ0v) is 7.49. The van der Waals surface area contributed by atoms with Gasteiger partial charge in [-0.25, -0.2) is 0 Å². The molecule has 0 amide bonds. The average molecular weight is 165 g/mol. The molecule has 66 valence electrons. The molecule has 0 spiro atoms. The highest BCUT2D eigenvalue weighted by Crippen LogP contribution is 2.08. The lowest BCUT2D eigenvalue weighted by Crippen LogP contribution is -2.27. The van der Waals surface area contributed by atoms with E-state index in [1.807, 2.05) is 37.3 Å². The fourth-order valence-corrected chi connectivity index (χ4v) is 0.918. The molecule has 2 atom stereocenters. The number of anilines is 1. The van der Waals surface area contributed by atoms with E-state index in [0.29, 0.717) is 0 Å². The lowest BCUT2D eigenvalue weighted by atomic mass is 10.2. The van der Waals surface area contributed by atoms with Crippen molar-refractivity contribution in [1.82, 2.24) is 0 Å². The Morgan fingerprint density at radius 2 is 1.75 bits per heavy atom. The summed E-state index contributed by atoms with van der Waals surface area (Å²) < 4.78 is 0. The van der Waals surface area contributed by atoms with E-state index in [2.05, 4.69) is 5.32 Å². The van der Waals surface area contributed by atoms with Crippen molar-refractivity contribution in [3.63, 3.8) is 0 Å². The fraction of sp³-hybridized carbons (Fsp3) is 0.400. The van der Waals surface area contributed by atoms with Gasteiger partial charge in [0.25, 0.3) is 0 Å². The minimum Gasteiger partial charge on any atom is -0.391 e. The van der Waals surface area contributed by atoms with Gasteiger partial charge >= 0.3 is 0 Å². The summed E-state index contributed by atoms with van der Waals surface area (Å²) in [6, 6.07) is 9.97. The van der Waals surface area contributed by atoms with Crippen LogP contribution in [0.4, 0.5) is 5.69 Å². The van der Waals surface area contributed by atoms with E-state index in [-0.39, 0.29) is 12.1 Å². The monoisotopic (exact) mass is 165 g/mol. The van der Waals surface area contributed by atoms with Crippen LogP contribution in [-0.4, -0.2) is 17.3 Å². The van der Waals surface area contributed by atoms with E-state index in [0.717, 1.165) is 5.69 Å². The molecule has 0 saturated carbocycles. The van der Waals surface area contributed by atoms with Crippen molar-refractivity contribution in [3.8, 4) is 0 Å². The largest absolute Gasteiger partial charge is 0.391 e. The maximum absolute atomic E-state index is 9.22. The molecule has 0 fully saturated rings. The second-order valence-electron chi connectivity index (χ2n) is 3.04. The molecular weight excluding hydrogens is 150 g/mol. The molecule has 2 heteroatoms. The first-order valence-electron chi connectivity index (χ1n) is 4.20. The Morgan fingerprint density at radius 1 is 1.17 bits per heavy atom. The van der Waals surface area contributed by atoms with E-state index >= 15 is 0 Å². The first kappa shape index (κ1) is 9.07. The van der Waals surface area contributed by atoms with Gasteiger partial charge in [-0.3, -0.25) is 0 Å². The van der Waals surface area contributed by atoms with E-state index in [4.69, 9.17) is 0 Å². The standard InChI is InChI=1S/C10H15NO/c1-8(9(2)12)11-10-6-4-3-5-7-10/h3-9,11-12H,1-2H3/t8?,9-/m0/s1. The lowest BCUT2D eigenvalue weighted by molar-refractivity contribution is 0.178. The van der Waals surface area contributed by atoms with Gasteiger partial charge in [-0.05, 0) is 26.0 Å². The van der Waals surface area contributed by atoms with Crippen LogP contribution in [0.3, 0.4) is 0 Å². The molecular formula is C10H15NO. The Hall–Kier alpha value is -1.02. The molecule has 1 unspecified atom stereocenters. The SMILES string of the molecule is CC(Nc1ccccc1)[C@H](C)O. The molecule has 0 aliphatic carbocycles. The van der Waals surface area contributed by atoms with Gasteiger partial charge < -0.3 is 10.4 Å². The Labute approximate surface area is 73.2 Å². The van der Waals surface area contributed by atoms with Crippen molar-refractivity contribution in [2.24, 2.45) is 0 Å². The van der Waals surface area contributed by atoms with E-state index in [1.165, 1.54) is 0 Å². The topological polar surface area (TPSA) is 32.3 Å². The third-order valence-corrected chi connectivity index (χ3v) is 1.89. The van der Waals surface area contributed by atoms with Crippen molar-refractivity contribution in [1.29, 1.82) is 0 Å². The molecule has 0 aliphatic heterocycles. The van der Waals surface area contributed by atoms with Crippen LogP contribution in [-0.2, 0) is 0 Å². The predicted octanol–water partition coefficient (Wildman–Crippen LogP) is 1.87. The zero-order valence-electron chi connectivity index (χ0n) is 7.49. The minimum atomic E-state index is -0.329.